The van der Waals surface area contributed by atoms with Gasteiger partial charge in [0.25, 0.3) is 0 Å². The van der Waals surface area contributed by atoms with Crippen LogP contribution in [0.15, 0.2) is 47.9 Å². The number of aromatic nitrogens is 2. The van der Waals surface area contributed by atoms with Gasteiger partial charge < -0.3 is 9.67 Å². The van der Waals surface area contributed by atoms with E-state index in [0.717, 1.165) is 19.4 Å². The molecular weight excluding hydrogens is 278 g/mol. The molecule has 2 N–H and O–H groups in total. The van der Waals surface area contributed by atoms with Crippen molar-refractivity contribution in [2.75, 3.05) is 6.54 Å². The Labute approximate surface area is 118 Å². The second-order valence-corrected chi connectivity index (χ2v) is 6.17. The molecule has 0 atom stereocenters. The maximum absolute atomic E-state index is 11.9. The highest BCUT2D eigenvalue weighted by Crippen LogP contribution is 2.15. The molecule has 0 aliphatic carbocycles. The first-order chi connectivity index (χ1) is 9.58. The Morgan fingerprint density at radius 1 is 1.30 bits per heavy atom. The number of rotatable bonds is 7. The molecule has 0 saturated carbocycles. The van der Waals surface area contributed by atoms with Crippen molar-refractivity contribution >= 4 is 10.0 Å². The lowest BCUT2D eigenvalue weighted by molar-refractivity contribution is 0.473. The van der Waals surface area contributed by atoms with E-state index in [4.69, 9.17) is 0 Å². The van der Waals surface area contributed by atoms with Crippen LogP contribution < -0.4 is 4.72 Å². The van der Waals surface area contributed by atoms with E-state index in [1.807, 2.05) is 10.8 Å². The van der Waals surface area contributed by atoms with E-state index in [2.05, 4.69) is 9.71 Å². The molecule has 2 rings (SSSR count). The summed E-state index contributed by atoms with van der Waals surface area (Å²) in [6, 6.07) is 5.62. The number of nitrogens with zero attached hydrogens (tertiary/aromatic N) is 2. The fraction of sp³-hybridized carbons (Fsp3) is 0.308. The average molecular weight is 295 g/mol. The molecular formula is C13H17N3O3S. The van der Waals surface area contributed by atoms with Gasteiger partial charge in [-0.15, -0.1) is 0 Å². The molecule has 2 aromatic rings. The zero-order valence-corrected chi connectivity index (χ0v) is 11.8. The van der Waals surface area contributed by atoms with Crippen LogP contribution in [-0.2, 0) is 16.6 Å². The predicted octanol–water partition coefficient (Wildman–Crippen LogP) is 1.35. The summed E-state index contributed by atoms with van der Waals surface area (Å²) >= 11 is 0. The standard InChI is InChI=1S/C13H17N3O3S/c17-12-4-3-5-13(10-12)20(18,19)15-6-1-2-8-16-9-7-14-11-16/h3-5,7,9-11,15,17H,1-2,6,8H2. The summed E-state index contributed by atoms with van der Waals surface area (Å²) < 4.78 is 28.3. The van der Waals surface area contributed by atoms with E-state index in [1.54, 1.807) is 12.5 Å². The van der Waals surface area contributed by atoms with Crippen LogP contribution in [0.4, 0.5) is 0 Å². The molecule has 0 unspecified atom stereocenters. The van der Waals surface area contributed by atoms with E-state index in [0.29, 0.717) is 6.54 Å². The molecule has 0 aliphatic heterocycles. The average Bonchev–Trinajstić information content (AvgIpc) is 2.91. The number of sulfonamides is 1. The van der Waals surface area contributed by atoms with Gasteiger partial charge in [-0.3, -0.25) is 0 Å². The third-order valence-electron chi connectivity index (χ3n) is 2.82. The minimum atomic E-state index is -3.55. The van der Waals surface area contributed by atoms with Crippen molar-refractivity contribution in [3.05, 3.63) is 43.0 Å². The molecule has 0 saturated heterocycles. The topological polar surface area (TPSA) is 84.2 Å². The molecule has 0 radical (unpaired) electrons. The van der Waals surface area contributed by atoms with Crippen LogP contribution in [0.2, 0.25) is 0 Å². The monoisotopic (exact) mass is 295 g/mol. The van der Waals surface area contributed by atoms with E-state index in [9.17, 15) is 13.5 Å². The predicted molar refractivity (Wildman–Crippen MR) is 74.8 cm³/mol. The van der Waals surface area contributed by atoms with Crippen LogP contribution in [0.1, 0.15) is 12.8 Å². The second kappa shape index (κ2) is 6.53. The van der Waals surface area contributed by atoms with Crippen molar-refractivity contribution in [3.8, 4) is 5.75 Å². The first-order valence-corrected chi connectivity index (χ1v) is 7.81. The number of phenolic OH excluding ortho intramolecular Hbond substituents is 1. The van der Waals surface area contributed by atoms with Gasteiger partial charge in [-0.05, 0) is 31.0 Å². The Kier molecular flexibility index (Phi) is 4.75. The quantitative estimate of drug-likeness (QED) is 0.755. The number of phenols is 1. The highest BCUT2D eigenvalue weighted by Gasteiger charge is 2.13. The lowest BCUT2D eigenvalue weighted by atomic mass is 10.3. The summed E-state index contributed by atoms with van der Waals surface area (Å²) in [7, 11) is -3.55. The number of aryl methyl sites for hydroxylation is 1. The number of imidazole rings is 1. The Morgan fingerprint density at radius 3 is 2.85 bits per heavy atom. The summed E-state index contributed by atoms with van der Waals surface area (Å²) in [6.07, 6.45) is 6.91. The van der Waals surface area contributed by atoms with Gasteiger partial charge in [-0.25, -0.2) is 18.1 Å². The lowest BCUT2D eigenvalue weighted by Crippen LogP contribution is -2.24. The lowest BCUT2D eigenvalue weighted by Gasteiger charge is -2.07. The van der Waals surface area contributed by atoms with Crippen LogP contribution >= 0.6 is 0 Å². The molecule has 1 aromatic carbocycles. The molecule has 7 heteroatoms. The molecule has 0 bridgehead atoms. The molecule has 0 fully saturated rings. The van der Waals surface area contributed by atoms with Crippen molar-refractivity contribution in [1.82, 2.24) is 14.3 Å². The van der Waals surface area contributed by atoms with E-state index in [-0.39, 0.29) is 10.6 Å². The summed E-state index contributed by atoms with van der Waals surface area (Å²) in [5.74, 6) is -0.0621. The van der Waals surface area contributed by atoms with Gasteiger partial charge >= 0.3 is 0 Å². The fourth-order valence-corrected chi connectivity index (χ4v) is 2.89. The van der Waals surface area contributed by atoms with Gasteiger partial charge in [0, 0.05) is 25.5 Å². The zero-order valence-electron chi connectivity index (χ0n) is 10.9. The van der Waals surface area contributed by atoms with Gasteiger partial charge in [0.1, 0.15) is 5.75 Å². The van der Waals surface area contributed by atoms with Crippen molar-refractivity contribution in [2.24, 2.45) is 0 Å². The summed E-state index contributed by atoms with van der Waals surface area (Å²) in [6.45, 7) is 1.18. The number of aromatic hydroxyl groups is 1. The first-order valence-electron chi connectivity index (χ1n) is 6.32. The van der Waals surface area contributed by atoms with E-state index < -0.39 is 10.0 Å². The van der Waals surface area contributed by atoms with Crippen molar-refractivity contribution in [3.63, 3.8) is 0 Å². The number of benzene rings is 1. The number of unbranched alkanes of at least 4 members (excludes halogenated alkanes) is 1. The fourth-order valence-electron chi connectivity index (χ4n) is 1.78. The summed E-state index contributed by atoms with van der Waals surface area (Å²) in [4.78, 5) is 4.01. The normalized spacial score (nSPS) is 11.6. The number of hydrogen-bond donors (Lipinski definition) is 2. The van der Waals surface area contributed by atoms with Gasteiger partial charge in [0.2, 0.25) is 10.0 Å². The van der Waals surface area contributed by atoms with Gasteiger partial charge in [0.15, 0.2) is 0 Å². The van der Waals surface area contributed by atoms with Crippen molar-refractivity contribution in [2.45, 2.75) is 24.3 Å². The minimum Gasteiger partial charge on any atom is -0.508 e. The molecule has 6 nitrogen and oxygen atoms in total. The Hall–Kier alpha value is -1.86. The Morgan fingerprint density at radius 2 is 2.15 bits per heavy atom. The Bertz CT molecular complexity index is 639. The molecule has 1 heterocycles. The molecule has 0 aliphatic rings. The van der Waals surface area contributed by atoms with Crippen LogP contribution in [0.25, 0.3) is 0 Å². The summed E-state index contributed by atoms with van der Waals surface area (Å²) in [5.41, 5.74) is 0. The highest BCUT2D eigenvalue weighted by atomic mass is 32.2. The highest BCUT2D eigenvalue weighted by molar-refractivity contribution is 7.89. The first kappa shape index (κ1) is 14.5. The molecule has 1 aromatic heterocycles. The maximum atomic E-state index is 11.9. The molecule has 0 amide bonds. The van der Waals surface area contributed by atoms with Gasteiger partial charge in [-0.2, -0.15) is 0 Å². The van der Waals surface area contributed by atoms with Crippen LogP contribution in [0, 0.1) is 0 Å². The van der Waals surface area contributed by atoms with Crippen LogP contribution in [0.5, 0.6) is 5.75 Å². The van der Waals surface area contributed by atoms with Gasteiger partial charge in [-0.1, -0.05) is 6.07 Å². The summed E-state index contributed by atoms with van der Waals surface area (Å²) in [5, 5.41) is 9.29. The van der Waals surface area contributed by atoms with E-state index >= 15 is 0 Å². The third kappa shape index (κ3) is 4.07. The van der Waals surface area contributed by atoms with Crippen LogP contribution in [0.3, 0.4) is 0 Å². The largest absolute Gasteiger partial charge is 0.508 e. The number of hydrogen-bond acceptors (Lipinski definition) is 4. The van der Waals surface area contributed by atoms with Crippen molar-refractivity contribution < 1.29 is 13.5 Å². The van der Waals surface area contributed by atoms with Crippen LogP contribution in [-0.4, -0.2) is 29.6 Å². The smallest absolute Gasteiger partial charge is 0.240 e. The minimum absolute atomic E-state index is 0.0621. The molecule has 20 heavy (non-hydrogen) atoms. The third-order valence-corrected chi connectivity index (χ3v) is 4.28. The molecule has 108 valence electrons. The van der Waals surface area contributed by atoms with Crippen molar-refractivity contribution in [1.29, 1.82) is 0 Å². The maximum Gasteiger partial charge on any atom is 0.240 e. The molecule has 0 spiro atoms. The zero-order chi connectivity index (χ0) is 14.4. The van der Waals surface area contributed by atoms with E-state index in [1.165, 1.54) is 24.3 Å². The van der Waals surface area contributed by atoms with Gasteiger partial charge in [0.05, 0.1) is 11.2 Å². The second-order valence-electron chi connectivity index (χ2n) is 4.40. The SMILES string of the molecule is O=S(=O)(NCCCCn1ccnc1)c1cccc(O)c1. The Balaban J connectivity index is 1.78. The number of nitrogens with one attached hydrogen (secondary N) is 1.